The fraction of sp³-hybridized carbons (Fsp3) is 0. The highest BCUT2D eigenvalue weighted by atomic mass is 14.9. The van der Waals surface area contributed by atoms with E-state index in [0.717, 1.165) is 33.7 Å². The summed E-state index contributed by atoms with van der Waals surface area (Å²) in [4.78, 5) is 20.5. The summed E-state index contributed by atoms with van der Waals surface area (Å²) in [6, 6.07) is 13.6. The average molecular weight is 299 g/mol. The van der Waals surface area contributed by atoms with Crippen molar-refractivity contribution < 1.29 is 0 Å². The number of nitrogens with one attached hydrogen (secondary N) is 1. The van der Waals surface area contributed by atoms with Crippen molar-refractivity contribution in [1.82, 2.24) is 19.9 Å². The van der Waals surface area contributed by atoms with Gasteiger partial charge in [0.15, 0.2) is 0 Å². The van der Waals surface area contributed by atoms with Crippen LogP contribution in [-0.2, 0) is 0 Å². The monoisotopic (exact) mass is 299 g/mol. The highest BCUT2D eigenvalue weighted by molar-refractivity contribution is 5.85. The van der Waals surface area contributed by atoms with E-state index in [0.29, 0.717) is 0 Å². The Labute approximate surface area is 132 Å². The molecule has 3 heterocycles. The number of hydrogen-bond acceptors (Lipinski definition) is 4. The zero-order chi connectivity index (χ0) is 15.5. The van der Waals surface area contributed by atoms with Crippen LogP contribution < -0.4 is 0 Å². The van der Waals surface area contributed by atoms with E-state index < -0.39 is 0 Å². The first-order valence-electron chi connectivity index (χ1n) is 7.23. The molecule has 0 saturated carbocycles. The lowest BCUT2D eigenvalue weighted by Crippen LogP contribution is -1.80. The second kappa shape index (κ2) is 5.81. The molecule has 0 fully saturated rings. The summed E-state index contributed by atoms with van der Waals surface area (Å²) in [6.45, 7) is 0. The summed E-state index contributed by atoms with van der Waals surface area (Å²) in [5.41, 5.74) is 4.71. The molecule has 0 bridgehead atoms. The minimum atomic E-state index is 0.809. The Morgan fingerprint density at radius 2 is 1.87 bits per heavy atom. The van der Waals surface area contributed by atoms with Crippen LogP contribution in [0.1, 0.15) is 5.56 Å². The number of aromatic nitrogens is 4. The second-order valence-electron chi connectivity index (χ2n) is 5.07. The SMILES string of the molecule is C(=Nc1ccc2nc(-c3cccnc3)[nH]c2c1)c1ccncc1. The number of aromatic amines is 1. The largest absolute Gasteiger partial charge is 0.338 e. The normalized spacial score (nSPS) is 11.3. The summed E-state index contributed by atoms with van der Waals surface area (Å²) in [5.74, 6) is 0.809. The first-order chi connectivity index (χ1) is 11.4. The predicted octanol–water partition coefficient (Wildman–Crippen LogP) is 3.77. The average Bonchev–Trinajstić information content (AvgIpc) is 3.05. The zero-order valence-corrected chi connectivity index (χ0v) is 12.2. The van der Waals surface area contributed by atoms with E-state index in [-0.39, 0.29) is 0 Å². The topological polar surface area (TPSA) is 66.8 Å². The van der Waals surface area contributed by atoms with Gasteiger partial charge in [-0.2, -0.15) is 0 Å². The van der Waals surface area contributed by atoms with Crippen molar-refractivity contribution in [2.75, 3.05) is 0 Å². The molecule has 0 saturated heterocycles. The van der Waals surface area contributed by atoms with Gasteiger partial charge in [0, 0.05) is 36.6 Å². The van der Waals surface area contributed by atoms with Gasteiger partial charge in [-0.25, -0.2) is 4.98 Å². The number of H-pyrrole nitrogens is 1. The van der Waals surface area contributed by atoms with Crippen molar-refractivity contribution in [1.29, 1.82) is 0 Å². The van der Waals surface area contributed by atoms with E-state index in [1.54, 1.807) is 24.8 Å². The van der Waals surface area contributed by atoms with Gasteiger partial charge in [-0.3, -0.25) is 15.0 Å². The van der Waals surface area contributed by atoms with Gasteiger partial charge in [-0.1, -0.05) is 0 Å². The van der Waals surface area contributed by atoms with Gasteiger partial charge < -0.3 is 4.98 Å². The van der Waals surface area contributed by atoms with Crippen molar-refractivity contribution >= 4 is 22.9 Å². The Kier molecular flexibility index (Phi) is 3.37. The van der Waals surface area contributed by atoms with Gasteiger partial charge >= 0.3 is 0 Å². The highest BCUT2D eigenvalue weighted by Gasteiger charge is 2.05. The van der Waals surface area contributed by atoms with Crippen LogP contribution in [0.25, 0.3) is 22.4 Å². The van der Waals surface area contributed by atoms with Gasteiger partial charge in [0.25, 0.3) is 0 Å². The number of nitrogens with zero attached hydrogens (tertiary/aromatic N) is 4. The fourth-order valence-electron chi connectivity index (χ4n) is 2.32. The van der Waals surface area contributed by atoms with Gasteiger partial charge in [0.2, 0.25) is 0 Å². The Morgan fingerprint density at radius 3 is 2.70 bits per heavy atom. The quantitative estimate of drug-likeness (QED) is 0.585. The lowest BCUT2D eigenvalue weighted by molar-refractivity contribution is 1.27. The molecule has 0 aliphatic heterocycles. The number of rotatable bonds is 3. The molecule has 4 rings (SSSR count). The van der Waals surface area contributed by atoms with E-state index in [4.69, 9.17) is 0 Å². The fourth-order valence-corrected chi connectivity index (χ4v) is 2.32. The molecule has 0 spiro atoms. The molecule has 5 heteroatoms. The maximum atomic E-state index is 4.59. The van der Waals surface area contributed by atoms with Crippen molar-refractivity contribution in [3.05, 3.63) is 72.8 Å². The van der Waals surface area contributed by atoms with E-state index in [1.165, 1.54) is 0 Å². The second-order valence-corrected chi connectivity index (χ2v) is 5.07. The van der Waals surface area contributed by atoms with Crippen LogP contribution >= 0.6 is 0 Å². The number of aliphatic imine (C=N–C) groups is 1. The summed E-state index contributed by atoms with van der Waals surface area (Å²) >= 11 is 0. The van der Waals surface area contributed by atoms with Crippen LogP contribution in [-0.4, -0.2) is 26.2 Å². The van der Waals surface area contributed by atoms with E-state index >= 15 is 0 Å². The third-order valence-electron chi connectivity index (χ3n) is 3.47. The van der Waals surface area contributed by atoms with E-state index in [1.807, 2.05) is 48.7 Å². The number of imidazole rings is 1. The molecule has 0 atom stereocenters. The molecule has 110 valence electrons. The van der Waals surface area contributed by atoms with Crippen LogP contribution in [0.15, 0.2) is 72.2 Å². The molecular formula is C18H13N5. The molecule has 0 radical (unpaired) electrons. The third-order valence-corrected chi connectivity index (χ3v) is 3.47. The molecule has 5 nitrogen and oxygen atoms in total. The van der Waals surface area contributed by atoms with Crippen molar-refractivity contribution in [3.8, 4) is 11.4 Å². The number of benzene rings is 1. The maximum absolute atomic E-state index is 4.59. The van der Waals surface area contributed by atoms with E-state index in [2.05, 4.69) is 24.9 Å². The summed E-state index contributed by atoms with van der Waals surface area (Å²) < 4.78 is 0. The molecule has 4 aromatic rings. The minimum absolute atomic E-state index is 0.809. The highest BCUT2D eigenvalue weighted by Crippen LogP contribution is 2.23. The smallest absolute Gasteiger partial charge is 0.140 e. The molecular weight excluding hydrogens is 286 g/mol. The Hall–Kier alpha value is -3.34. The van der Waals surface area contributed by atoms with Gasteiger partial charge in [-0.15, -0.1) is 0 Å². The van der Waals surface area contributed by atoms with Crippen molar-refractivity contribution in [2.24, 2.45) is 4.99 Å². The lowest BCUT2D eigenvalue weighted by Gasteiger charge is -1.94. The molecule has 1 aromatic carbocycles. The molecule has 0 amide bonds. The van der Waals surface area contributed by atoms with E-state index in [9.17, 15) is 0 Å². The molecule has 0 unspecified atom stereocenters. The first kappa shape index (κ1) is 13.3. The van der Waals surface area contributed by atoms with Crippen LogP contribution in [0, 0.1) is 0 Å². The molecule has 3 aromatic heterocycles. The Bertz CT molecular complexity index is 959. The molecule has 1 N–H and O–H groups in total. The number of hydrogen-bond donors (Lipinski definition) is 1. The maximum Gasteiger partial charge on any atom is 0.140 e. The third kappa shape index (κ3) is 2.85. The van der Waals surface area contributed by atoms with Crippen molar-refractivity contribution in [2.45, 2.75) is 0 Å². The minimum Gasteiger partial charge on any atom is -0.338 e. The Morgan fingerprint density at radius 1 is 0.957 bits per heavy atom. The molecule has 23 heavy (non-hydrogen) atoms. The van der Waals surface area contributed by atoms with Gasteiger partial charge in [0.05, 0.1) is 16.7 Å². The summed E-state index contributed by atoms with van der Waals surface area (Å²) in [5, 5.41) is 0. The van der Waals surface area contributed by atoms with Crippen LogP contribution in [0.4, 0.5) is 5.69 Å². The van der Waals surface area contributed by atoms with Crippen LogP contribution in [0.3, 0.4) is 0 Å². The van der Waals surface area contributed by atoms with Crippen molar-refractivity contribution in [3.63, 3.8) is 0 Å². The number of pyridine rings is 2. The number of fused-ring (bicyclic) bond motifs is 1. The molecule has 0 aliphatic carbocycles. The van der Waals surface area contributed by atoms with Gasteiger partial charge in [-0.05, 0) is 48.0 Å². The first-order valence-corrected chi connectivity index (χ1v) is 7.23. The molecule has 0 aliphatic rings. The summed E-state index contributed by atoms with van der Waals surface area (Å²) in [7, 11) is 0. The standard InChI is InChI=1S/C18H13N5/c1-2-14(12-20-7-1)18-22-16-4-3-15(10-17(16)23-18)21-11-13-5-8-19-9-6-13/h1-12H,(H,22,23). The lowest BCUT2D eigenvalue weighted by atomic mass is 10.2. The van der Waals surface area contributed by atoms with Gasteiger partial charge in [0.1, 0.15) is 5.82 Å². The Balaban J connectivity index is 1.67. The van der Waals surface area contributed by atoms with Crippen LogP contribution in [0.2, 0.25) is 0 Å². The van der Waals surface area contributed by atoms with Crippen LogP contribution in [0.5, 0.6) is 0 Å². The summed E-state index contributed by atoms with van der Waals surface area (Å²) in [6.07, 6.45) is 8.86. The predicted molar refractivity (Wildman–Crippen MR) is 90.8 cm³/mol. The zero-order valence-electron chi connectivity index (χ0n) is 12.2.